The number of nitrogens with one attached hydrogen (secondary N) is 3. The number of hydrogen-bond acceptors (Lipinski definition) is 5. The number of urea groups is 1. The highest BCUT2D eigenvalue weighted by molar-refractivity contribution is 6.02. The number of piperazine rings is 1. The topological polar surface area (TPSA) is 85.9 Å². The summed E-state index contributed by atoms with van der Waals surface area (Å²) in [5.74, 6) is 0.717. The van der Waals surface area contributed by atoms with Gasteiger partial charge in [-0.15, -0.1) is 0 Å². The molecule has 3 N–H and O–H groups in total. The van der Waals surface area contributed by atoms with Gasteiger partial charge in [-0.1, -0.05) is 49.4 Å². The van der Waals surface area contributed by atoms with Crippen LogP contribution < -0.4 is 30.5 Å². The van der Waals surface area contributed by atoms with Gasteiger partial charge in [-0.2, -0.15) is 0 Å². The number of para-hydroxylation sites is 2. The molecule has 8 heteroatoms. The minimum Gasteiger partial charge on any atom is -0.495 e. The second-order valence-electron chi connectivity index (χ2n) is 8.93. The molecule has 1 heterocycles. The summed E-state index contributed by atoms with van der Waals surface area (Å²) in [6, 6.07) is 23.0. The Bertz CT molecular complexity index is 1190. The molecule has 3 aromatic rings. The van der Waals surface area contributed by atoms with Crippen LogP contribution in [0.15, 0.2) is 72.8 Å². The zero-order valence-corrected chi connectivity index (χ0v) is 21.5. The Morgan fingerprint density at radius 3 is 2.22 bits per heavy atom. The van der Waals surface area contributed by atoms with Crippen molar-refractivity contribution in [2.24, 2.45) is 0 Å². The number of amides is 3. The normalized spacial score (nSPS) is 13.1. The van der Waals surface area contributed by atoms with Crippen molar-refractivity contribution in [3.8, 4) is 5.75 Å². The van der Waals surface area contributed by atoms with Gasteiger partial charge in [0.05, 0.1) is 18.4 Å². The van der Waals surface area contributed by atoms with E-state index in [0.717, 1.165) is 55.3 Å². The third-order valence-corrected chi connectivity index (χ3v) is 6.38. The molecule has 3 amide bonds. The third kappa shape index (κ3) is 6.73. The van der Waals surface area contributed by atoms with Crippen molar-refractivity contribution in [3.05, 3.63) is 83.9 Å². The van der Waals surface area contributed by atoms with Gasteiger partial charge >= 0.3 is 6.03 Å². The Hall–Kier alpha value is -4.20. The lowest BCUT2D eigenvalue weighted by Gasteiger charge is -2.38. The van der Waals surface area contributed by atoms with Crippen LogP contribution in [0.2, 0.25) is 0 Å². The molecule has 37 heavy (non-hydrogen) atoms. The monoisotopic (exact) mass is 501 g/mol. The van der Waals surface area contributed by atoms with Crippen molar-refractivity contribution in [1.29, 1.82) is 0 Å². The summed E-state index contributed by atoms with van der Waals surface area (Å²) in [4.78, 5) is 30.1. The lowest BCUT2D eigenvalue weighted by atomic mass is 10.1. The maximum atomic E-state index is 13.1. The average Bonchev–Trinajstić information content (AvgIpc) is 2.95. The van der Waals surface area contributed by atoms with Gasteiger partial charge in [-0.25, -0.2) is 4.79 Å². The van der Waals surface area contributed by atoms with Crippen LogP contribution in [0.5, 0.6) is 5.75 Å². The molecule has 0 aromatic heterocycles. The Morgan fingerprint density at radius 1 is 0.838 bits per heavy atom. The number of methoxy groups -OCH3 is 1. The molecule has 0 saturated carbocycles. The van der Waals surface area contributed by atoms with E-state index < -0.39 is 0 Å². The second-order valence-corrected chi connectivity index (χ2v) is 8.93. The Kier molecular flexibility index (Phi) is 8.86. The number of anilines is 3. The van der Waals surface area contributed by atoms with Crippen molar-refractivity contribution in [2.45, 2.75) is 19.9 Å². The Labute approximate surface area is 218 Å². The van der Waals surface area contributed by atoms with Gasteiger partial charge in [0.1, 0.15) is 5.75 Å². The van der Waals surface area contributed by atoms with Crippen LogP contribution in [0.25, 0.3) is 0 Å². The van der Waals surface area contributed by atoms with Crippen molar-refractivity contribution < 1.29 is 14.3 Å². The largest absolute Gasteiger partial charge is 0.495 e. The van der Waals surface area contributed by atoms with Crippen LogP contribution in [-0.2, 0) is 6.54 Å². The van der Waals surface area contributed by atoms with E-state index >= 15 is 0 Å². The van der Waals surface area contributed by atoms with E-state index in [0.29, 0.717) is 24.3 Å². The average molecular weight is 502 g/mol. The third-order valence-electron chi connectivity index (χ3n) is 6.38. The summed E-state index contributed by atoms with van der Waals surface area (Å²) in [6.45, 7) is 6.16. The minimum absolute atomic E-state index is 0.141. The summed E-state index contributed by atoms with van der Waals surface area (Å²) >= 11 is 0. The second kappa shape index (κ2) is 12.7. The molecule has 1 saturated heterocycles. The highest BCUT2D eigenvalue weighted by atomic mass is 16.5. The summed E-state index contributed by atoms with van der Waals surface area (Å²) in [5, 5.41) is 8.71. The number of ether oxygens (including phenoxy) is 1. The number of benzene rings is 3. The summed E-state index contributed by atoms with van der Waals surface area (Å²) in [5.41, 5.74) is 4.08. The van der Waals surface area contributed by atoms with Gasteiger partial charge in [-0.05, 0) is 42.3 Å². The molecule has 1 aliphatic rings. The van der Waals surface area contributed by atoms with Crippen molar-refractivity contribution in [1.82, 2.24) is 10.6 Å². The molecule has 0 spiro atoms. The molecule has 0 bridgehead atoms. The zero-order chi connectivity index (χ0) is 26.0. The van der Waals surface area contributed by atoms with Gasteiger partial charge in [0.2, 0.25) is 0 Å². The van der Waals surface area contributed by atoms with E-state index in [-0.39, 0.29) is 11.9 Å². The minimum atomic E-state index is -0.318. The molecule has 0 aliphatic carbocycles. The zero-order valence-electron chi connectivity index (χ0n) is 21.5. The first-order chi connectivity index (χ1) is 18.1. The number of carbonyl (C=O) groups is 2. The van der Waals surface area contributed by atoms with E-state index in [9.17, 15) is 9.59 Å². The van der Waals surface area contributed by atoms with Gasteiger partial charge in [0.15, 0.2) is 0 Å². The standard InChI is InChI=1S/C29H35N5O3/c1-3-15-30-28(35)24-20-23(32-29(36)31-21-22-9-5-4-6-10-22)13-14-25(24)33-16-18-34(19-17-33)26-11-7-8-12-27(26)37-2/h4-14,20H,3,15-19,21H2,1-2H3,(H,30,35)(H2,31,32,36). The summed E-state index contributed by atoms with van der Waals surface area (Å²) in [6.07, 6.45) is 0.846. The fourth-order valence-corrected chi connectivity index (χ4v) is 4.44. The lowest BCUT2D eigenvalue weighted by Crippen LogP contribution is -2.47. The predicted octanol–water partition coefficient (Wildman–Crippen LogP) is 4.48. The fraction of sp³-hybridized carbons (Fsp3) is 0.310. The van der Waals surface area contributed by atoms with E-state index in [2.05, 4.69) is 31.8 Å². The van der Waals surface area contributed by atoms with Gasteiger partial charge in [0.25, 0.3) is 5.91 Å². The molecular weight excluding hydrogens is 466 g/mol. The van der Waals surface area contributed by atoms with Gasteiger partial charge in [-0.3, -0.25) is 4.79 Å². The van der Waals surface area contributed by atoms with Crippen molar-refractivity contribution >= 4 is 29.0 Å². The summed E-state index contributed by atoms with van der Waals surface area (Å²) < 4.78 is 5.54. The van der Waals surface area contributed by atoms with Crippen LogP contribution in [0.4, 0.5) is 21.9 Å². The number of nitrogens with zero attached hydrogens (tertiary/aromatic N) is 2. The van der Waals surface area contributed by atoms with Crippen LogP contribution in [0.1, 0.15) is 29.3 Å². The number of carbonyl (C=O) groups excluding carboxylic acids is 2. The predicted molar refractivity (Wildman–Crippen MR) is 149 cm³/mol. The molecule has 0 radical (unpaired) electrons. The highest BCUT2D eigenvalue weighted by Gasteiger charge is 2.23. The first-order valence-corrected chi connectivity index (χ1v) is 12.7. The quantitative estimate of drug-likeness (QED) is 0.403. The fourth-order valence-electron chi connectivity index (χ4n) is 4.44. The smallest absolute Gasteiger partial charge is 0.319 e. The maximum absolute atomic E-state index is 13.1. The van der Waals surface area contributed by atoms with E-state index in [4.69, 9.17) is 4.74 Å². The Balaban J connectivity index is 1.46. The molecule has 3 aromatic carbocycles. The van der Waals surface area contributed by atoms with Gasteiger partial charge < -0.3 is 30.5 Å². The molecule has 8 nitrogen and oxygen atoms in total. The molecule has 1 aliphatic heterocycles. The molecule has 0 atom stereocenters. The first-order valence-electron chi connectivity index (χ1n) is 12.7. The SMILES string of the molecule is CCCNC(=O)c1cc(NC(=O)NCc2ccccc2)ccc1N1CCN(c2ccccc2OC)CC1. The first kappa shape index (κ1) is 25.9. The number of hydrogen-bond donors (Lipinski definition) is 3. The van der Waals surface area contributed by atoms with Crippen LogP contribution in [0.3, 0.4) is 0 Å². The molecule has 0 unspecified atom stereocenters. The van der Waals surface area contributed by atoms with E-state index in [1.807, 2.05) is 67.6 Å². The van der Waals surface area contributed by atoms with Crippen molar-refractivity contribution in [3.63, 3.8) is 0 Å². The van der Waals surface area contributed by atoms with Crippen LogP contribution in [-0.4, -0.2) is 51.8 Å². The van der Waals surface area contributed by atoms with E-state index in [1.165, 1.54) is 0 Å². The van der Waals surface area contributed by atoms with Crippen LogP contribution in [0, 0.1) is 0 Å². The molecular formula is C29H35N5O3. The number of rotatable bonds is 9. The molecule has 194 valence electrons. The van der Waals surface area contributed by atoms with Crippen molar-refractivity contribution in [2.75, 3.05) is 55.0 Å². The summed E-state index contributed by atoms with van der Waals surface area (Å²) in [7, 11) is 1.69. The lowest BCUT2D eigenvalue weighted by molar-refractivity contribution is 0.0954. The van der Waals surface area contributed by atoms with Gasteiger partial charge in [0, 0.05) is 50.6 Å². The highest BCUT2D eigenvalue weighted by Crippen LogP contribution is 2.31. The Morgan fingerprint density at radius 2 is 1.51 bits per heavy atom. The molecule has 1 fully saturated rings. The van der Waals surface area contributed by atoms with Crippen LogP contribution >= 0.6 is 0 Å². The van der Waals surface area contributed by atoms with E-state index in [1.54, 1.807) is 13.2 Å². The molecule has 4 rings (SSSR count). The maximum Gasteiger partial charge on any atom is 0.319 e.